The molecule has 0 saturated carbocycles. The Hall–Kier alpha value is -1.03. The SMILES string of the molecule is CCNC(=NCCC1=CCCCC1)NC1CC2CCC1O2. The summed E-state index contributed by atoms with van der Waals surface area (Å²) in [5.74, 6) is 0.968. The van der Waals surface area contributed by atoms with E-state index in [4.69, 9.17) is 9.73 Å². The minimum absolute atomic E-state index is 0.403. The van der Waals surface area contributed by atoms with Gasteiger partial charge in [0.1, 0.15) is 0 Å². The third-order valence-electron chi connectivity index (χ3n) is 4.86. The Morgan fingerprint density at radius 1 is 1.38 bits per heavy atom. The highest BCUT2D eigenvalue weighted by atomic mass is 16.5. The predicted octanol–water partition coefficient (Wildman–Crippen LogP) is 2.75. The summed E-state index contributed by atoms with van der Waals surface area (Å²) >= 11 is 0. The van der Waals surface area contributed by atoms with Crippen molar-refractivity contribution in [1.29, 1.82) is 0 Å². The zero-order chi connectivity index (χ0) is 14.5. The number of nitrogens with zero attached hydrogens (tertiary/aromatic N) is 1. The van der Waals surface area contributed by atoms with Gasteiger partial charge in [0.05, 0.1) is 18.2 Å². The molecule has 0 amide bonds. The van der Waals surface area contributed by atoms with Crippen LogP contribution in [-0.4, -0.2) is 37.3 Å². The number of rotatable bonds is 5. The second-order valence-corrected chi connectivity index (χ2v) is 6.48. The minimum atomic E-state index is 0.403. The number of aliphatic imine (C=N–C) groups is 1. The predicted molar refractivity (Wildman–Crippen MR) is 86.6 cm³/mol. The van der Waals surface area contributed by atoms with Gasteiger partial charge in [-0.05, 0) is 58.3 Å². The van der Waals surface area contributed by atoms with E-state index in [9.17, 15) is 0 Å². The van der Waals surface area contributed by atoms with Gasteiger partial charge >= 0.3 is 0 Å². The average molecular weight is 291 g/mol. The quantitative estimate of drug-likeness (QED) is 0.465. The summed E-state index contributed by atoms with van der Waals surface area (Å²) in [6.07, 6.45) is 13.3. The van der Waals surface area contributed by atoms with Crippen molar-refractivity contribution in [3.8, 4) is 0 Å². The maximum atomic E-state index is 5.91. The molecule has 118 valence electrons. The number of hydrogen-bond donors (Lipinski definition) is 2. The first kappa shape index (κ1) is 14.9. The van der Waals surface area contributed by atoms with Crippen molar-refractivity contribution in [2.45, 2.75) is 76.5 Å². The molecule has 4 nitrogen and oxygen atoms in total. The molecule has 3 aliphatic rings. The minimum Gasteiger partial charge on any atom is -0.373 e. The van der Waals surface area contributed by atoms with Gasteiger partial charge in [-0.15, -0.1) is 0 Å². The molecule has 2 heterocycles. The van der Waals surface area contributed by atoms with Gasteiger partial charge in [0, 0.05) is 13.1 Å². The van der Waals surface area contributed by atoms with Gasteiger partial charge in [-0.3, -0.25) is 4.99 Å². The van der Waals surface area contributed by atoms with Gasteiger partial charge in [-0.25, -0.2) is 0 Å². The molecule has 4 heteroatoms. The van der Waals surface area contributed by atoms with Crippen LogP contribution in [0.5, 0.6) is 0 Å². The lowest BCUT2D eigenvalue weighted by atomic mass is 9.96. The van der Waals surface area contributed by atoms with E-state index in [2.05, 4.69) is 23.6 Å². The van der Waals surface area contributed by atoms with Crippen LogP contribution in [0, 0.1) is 0 Å². The Balaban J connectivity index is 1.48. The molecule has 0 aromatic heterocycles. The summed E-state index contributed by atoms with van der Waals surface area (Å²) in [5, 5.41) is 6.95. The first-order valence-electron chi connectivity index (χ1n) is 8.73. The third kappa shape index (κ3) is 4.00. The van der Waals surface area contributed by atoms with Crippen molar-refractivity contribution in [3.05, 3.63) is 11.6 Å². The molecule has 21 heavy (non-hydrogen) atoms. The molecule has 0 aromatic rings. The molecule has 2 fully saturated rings. The zero-order valence-electron chi connectivity index (χ0n) is 13.2. The van der Waals surface area contributed by atoms with Crippen molar-refractivity contribution in [2.75, 3.05) is 13.1 Å². The van der Waals surface area contributed by atoms with Crippen molar-refractivity contribution >= 4 is 5.96 Å². The molecule has 2 saturated heterocycles. The molecular weight excluding hydrogens is 262 g/mol. The average Bonchev–Trinajstić information content (AvgIpc) is 3.11. The maximum absolute atomic E-state index is 5.91. The number of guanidine groups is 1. The second-order valence-electron chi connectivity index (χ2n) is 6.48. The number of fused-ring (bicyclic) bond motifs is 2. The molecule has 3 rings (SSSR count). The molecule has 1 aliphatic carbocycles. The molecule has 0 spiro atoms. The van der Waals surface area contributed by atoms with E-state index in [1.54, 1.807) is 5.57 Å². The van der Waals surface area contributed by atoms with Gasteiger partial charge in [0.25, 0.3) is 0 Å². The molecule has 2 bridgehead atoms. The highest BCUT2D eigenvalue weighted by Crippen LogP contribution is 2.34. The van der Waals surface area contributed by atoms with Crippen molar-refractivity contribution < 1.29 is 4.74 Å². The summed E-state index contributed by atoms with van der Waals surface area (Å²) in [6, 6.07) is 0.454. The lowest BCUT2D eigenvalue weighted by Crippen LogP contribution is -2.47. The fourth-order valence-corrected chi connectivity index (χ4v) is 3.73. The van der Waals surface area contributed by atoms with Crippen LogP contribution in [0.3, 0.4) is 0 Å². The number of ether oxygens (including phenoxy) is 1. The fraction of sp³-hybridized carbons (Fsp3) is 0.824. The van der Waals surface area contributed by atoms with E-state index in [1.807, 2.05) is 0 Å². The highest BCUT2D eigenvalue weighted by Gasteiger charge is 2.41. The van der Waals surface area contributed by atoms with Gasteiger partial charge in [0.15, 0.2) is 5.96 Å². The van der Waals surface area contributed by atoms with Gasteiger partial charge in [-0.2, -0.15) is 0 Å². The molecule has 2 aliphatic heterocycles. The first-order chi connectivity index (χ1) is 10.3. The summed E-state index contributed by atoms with van der Waals surface area (Å²) in [5.41, 5.74) is 1.60. The van der Waals surface area contributed by atoms with E-state index in [-0.39, 0.29) is 0 Å². The van der Waals surface area contributed by atoms with E-state index in [0.29, 0.717) is 18.2 Å². The Kier molecular flexibility index (Phi) is 5.17. The zero-order valence-corrected chi connectivity index (χ0v) is 13.2. The van der Waals surface area contributed by atoms with Crippen molar-refractivity contribution in [1.82, 2.24) is 10.6 Å². The molecule has 3 unspecified atom stereocenters. The molecule has 0 radical (unpaired) electrons. The Bertz CT molecular complexity index is 405. The number of hydrogen-bond acceptors (Lipinski definition) is 2. The standard InChI is InChI=1S/C17H29N3O/c1-2-18-17(19-11-10-13-6-4-3-5-7-13)20-15-12-14-8-9-16(15)21-14/h6,14-16H,2-5,7-12H2,1H3,(H2,18,19,20). The molecule has 3 atom stereocenters. The van der Waals surface area contributed by atoms with Crippen LogP contribution in [0.1, 0.15) is 58.3 Å². The van der Waals surface area contributed by atoms with Crippen molar-refractivity contribution in [2.24, 2.45) is 4.99 Å². The summed E-state index contributed by atoms with van der Waals surface area (Å²) in [4.78, 5) is 4.75. The summed E-state index contributed by atoms with van der Waals surface area (Å²) in [7, 11) is 0. The van der Waals surface area contributed by atoms with Crippen LogP contribution in [-0.2, 0) is 4.74 Å². The maximum Gasteiger partial charge on any atom is 0.191 e. The Morgan fingerprint density at radius 2 is 2.33 bits per heavy atom. The van der Waals surface area contributed by atoms with E-state index in [0.717, 1.165) is 31.9 Å². The third-order valence-corrected chi connectivity index (χ3v) is 4.86. The fourth-order valence-electron chi connectivity index (χ4n) is 3.73. The number of allylic oxidation sites excluding steroid dienone is 1. The van der Waals surface area contributed by atoms with Gasteiger partial charge in [0.2, 0.25) is 0 Å². The molecular formula is C17H29N3O. The van der Waals surface area contributed by atoms with Crippen LogP contribution in [0.4, 0.5) is 0 Å². The lowest BCUT2D eigenvalue weighted by Gasteiger charge is -2.22. The van der Waals surface area contributed by atoms with Crippen LogP contribution < -0.4 is 10.6 Å². The monoisotopic (exact) mass is 291 g/mol. The Labute approximate surface area is 128 Å². The summed E-state index contributed by atoms with van der Waals surface area (Å²) in [6.45, 7) is 3.93. The van der Waals surface area contributed by atoms with E-state index >= 15 is 0 Å². The topological polar surface area (TPSA) is 45.7 Å². The molecule has 0 aromatic carbocycles. The molecule has 2 N–H and O–H groups in total. The van der Waals surface area contributed by atoms with Gasteiger partial charge < -0.3 is 15.4 Å². The van der Waals surface area contributed by atoms with Crippen LogP contribution in [0.25, 0.3) is 0 Å². The van der Waals surface area contributed by atoms with E-state index in [1.165, 1.54) is 38.5 Å². The number of nitrogens with one attached hydrogen (secondary N) is 2. The first-order valence-corrected chi connectivity index (χ1v) is 8.73. The van der Waals surface area contributed by atoms with Crippen LogP contribution in [0.15, 0.2) is 16.6 Å². The van der Waals surface area contributed by atoms with Crippen LogP contribution >= 0.6 is 0 Å². The largest absolute Gasteiger partial charge is 0.373 e. The smallest absolute Gasteiger partial charge is 0.191 e. The van der Waals surface area contributed by atoms with Gasteiger partial charge in [-0.1, -0.05) is 11.6 Å². The Morgan fingerprint density at radius 3 is 3.00 bits per heavy atom. The second kappa shape index (κ2) is 7.30. The van der Waals surface area contributed by atoms with Crippen molar-refractivity contribution in [3.63, 3.8) is 0 Å². The highest BCUT2D eigenvalue weighted by molar-refractivity contribution is 5.80. The summed E-state index contributed by atoms with van der Waals surface area (Å²) < 4.78 is 5.91. The van der Waals surface area contributed by atoms with Crippen LogP contribution in [0.2, 0.25) is 0 Å². The normalized spacial score (nSPS) is 32.1. The lowest BCUT2D eigenvalue weighted by molar-refractivity contribution is 0.0992. The van der Waals surface area contributed by atoms with E-state index < -0.39 is 0 Å².